The highest BCUT2D eigenvalue weighted by Gasteiger charge is 2.26. The number of anilines is 1. The van der Waals surface area contributed by atoms with E-state index in [1.165, 1.54) is 11.0 Å². The molecule has 0 saturated heterocycles. The molecule has 0 aliphatic heterocycles. The number of non-ortho nitro benzene ring substituents is 1. The lowest BCUT2D eigenvalue weighted by Crippen LogP contribution is -2.31. The van der Waals surface area contributed by atoms with Crippen LogP contribution in [0, 0.1) is 21.8 Å². The SMILES string of the molecule is O=C(O)CN(CC1CC1)c1cc(F)cc([N+](=O)[O-])c1. The lowest BCUT2D eigenvalue weighted by molar-refractivity contribution is -0.385. The standard InChI is InChI=1S/C12H13FN2O4/c13-9-3-10(5-11(4-9)15(18)19)14(7-12(16)17)6-8-1-2-8/h3-5,8H,1-2,6-7H2,(H,16,17). The molecule has 0 amide bonds. The Labute approximate surface area is 108 Å². The molecule has 1 aliphatic carbocycles. The second kappa shape index (κ2) is 5.21. The zero-order valence-electron chi connectivity index (χ0n) is 10.1. The van der Waals surface area contributed by atoms with Crippen LogP contribution >= 0.6 is 0 Å². The van der Waals surface area contributed by atoms with Gasteiger partial charge in [-0.2, -0.15) is 0 Å². The number of carboxylic acids is 1. The summed E-state index contributed by atoms with van der Waals surface area (Å²) in [6.45, 7) is 0.185. The molecule has 2 rings (SSSR count). The number of nitro groups is 1. The molecule has 0 spiro atoms. The van der Waals surface area contributed by atoms with E-state index in [1.54, 1.807) is 0 Å². The van der Waals surface area contributed by atoms with E-state index >= 15 is 0 Å². The highest BCUT2D eigenvalue weighted by molar-refractivity contribution is 5.74. The first-order valence-electron chi connectivity index (χ1n) is 5.87. The second-order valence-electron chi connectivity index (χ2n) is 4.64. The van der Waals surface area contributed by atoms with Crippen molar-refractivity contribution in [3.63, 3.8) is 0 Å². The van der Waals surface area contributed by atoms with Gasteiger partial charge >= 0.3 is 5.97 Å². The summed E-state index contributed by atoms with van der Waals surface area (Å²) in [5.74, 6) is -1.40. The van der Waals surface area contributed by atoms with Crippen LogP contribution in [0.25, 0.3) is 0 Å². The topological polar surface area (TPSA) is 83.7 Å². The van der Waals surface area contributed by atoms with E-state index < -0.39 is 16.7 Å². The Kier molecular flexibility index (Phi) is 3.64. The number of benzene rings is 1. The third-order valence-electron chi connectivity index (χ3n) is 2.94. The Hall–Kier alpha value is -2.18. The van der Waals surface area contributed by atoms with Gasteiger partial charge in [-0.15, -0.1) is 0 Å². The Balaban J connectivity index is 2.28. The third-order valence-corrected chi connectivity index (χ3v) is 2.94. The minimum atomic E-state index is -1.05. The Morgan fingerprint density at radius 2 is 2.16 bits per heavy atom. The van der Waals surface area contributed by atoms with Gasteiger partial charge in [-0.05, 0) is 24.8 Å². The van der Waals surface area contributed by atoms with Crippen molar-refractivity contribution in [1.82, 2.24) is 0 Å². The van der Waals surface area contributed by atoms with Gasteiger partial charge in [0.2, 0.25) is 0 Å². The number of nitro benzene ring substituents is 1. The van der Waals surface area contributed by atoms with Crippen molar-refractivity contribution in [3.8, 4) is 0 Å². The molecule has 0 bridgehead atoms. The van der Waals surface area contributed by atoms with Crippen LogP contribution < -0.4 is 4.90 Å². The molecule has 1 aromatic rings. The third kappa shape index (κ3) is 3.64. The van der Waals surface area contributed by atoms with Gasteiger partial charge in [-0.1, -0.05) is 0 Å². The van der Waals surface area contributed by atoms with Gasteiger partial charge in [0.05, 0.1) is 11.0 Å². The predicted octanol–water partition coefficient (Wildman–Crippen LogP) is 2.03. The zero-order valence-corrected chi connectivity index (χ0v) is 10.1. The molecule has 1 N–H and O–H groups in total. The smallest absolute Gasteiger partial charge is 0.323 e. The van der Waals surface area contributed by atoms with Gasteiger partial charge in [0.25, 0.3) is 5.69 Å². The van der Waals surface area contributed by atoms with Crippen molar-refractivity contribution in [2.75, 3.05) is 18.0 Å². The maximum Gasteiger partial charge on any atom is 0.323 e. The number of hydrogen-bond acceptors (Lipinski definition) is 4. The van der Waals surface area contributed by atoms with Gasteiger partial charge in [0, 0.05) is 18.3 Å². The van der Waals surface area contributed by atoms with Crippen LogP contribution in [-0.2, 0) is 4.79 Å². The minimum Gasteiger partial charge on any atom is -0.480 e. The Morgan fingerprint density at radius 1 is 1.47 bits per heavy atom. The highest BCUT2D eigenvalue weighted by Crippen LogP contribution is 2.32. The number of carboxylic acid groups (broad SMARTS) is 1. The van der Waals surface area contributed by atoms with E-state index in [4.69, 9.17) is 5.11 Å². The molecule has 6 nitrogen and oxygen atoms in total. The average Bonchev–Trinajstić information content (AvgIpc) is 3.10. The van der Waals surface area contributed by atoms with Gasteiger partial charge in [0.1, 0.15) is 12.4 Å². The summed E-state index contributed by atoms with van der Waals surface area (Å²) in [6.07, 6.45) is 2.01. The fourth-order valence-electron chi connectivity index (χ4n) is 1.88. The number of nitrogens with zero attached hydrogens (tertiary/aromatic N) is 2. The summed E-state index contributed by atoms with van der Waals surface area (Å²) in [5, 5.41) is 19.5. The van der Waals surface area contributed by atoms with Gasteiger partial charge in [-0.25, -0.2) is 4.39 Å². The number of hydrogen-bond donors (Lipinski definition) is 1. The zero-order chi connectivity index (χ0) is 14.0. The maximum atomic E-state index is 13.4. The van der Waals surface area contributed by atoms with Crippen LogP contribution in [0.15, 0.2) is 18.2 Å². The number of carbonyl (C=O) groups is 1. The summed E-state index contributed by atoms with van der Waals surface area (Å²) < 4.78 is 13.4. The van der Waals surface area contributed by atoms with E-state index in [0.29, 0.717) is 12.5 Å². The number of halogens is 1. The van der Waals surface area contributed by atoms with Crippen molar-refractivity contribution in [2.24, 2.45) is 5.92 Å². The molecule has 1 saturated carbocycles. The van der Waals surface area contributed by atoms with Crippen LogP contribution in [-0.4, -0.2) is 29.1 Å². The van der Waals surface area contributed by atoms with Gasteiger partial charge in [-0.3, -0.25) is 14.9 Å². The summed E-state index contributed by atoms with van der Waals surface area (Å²) in [4.78, 5) is 22.3. The minimum absolute atomic E-state index is 0.237. The number of aliphatic carboxylic acids is 1. The van der Waals surface area contributed by atoms with Crippen LogP contribution in [0.1, 0.15) is 12.8 Å². The first-order valence-corrected chi connectivity index (χ1v) is 5.87. The molecule has 1 fully saturated rings. The monoisotopic (exact) mass is 268 g/mol. The van der Waals surface area contributed by atoms with Crippen molar-refractivity contribution < 1.29 is 19.2 Å². The quantitative estimate of drug-likeness (QED) is 0.630. The Morgan fingerprint density at radius 3 is 2.68 bits per heavy atom. The van der Waals surface area contributed by atoms with E-state index in [-0.39, 0.29) is 17.9 Å². The molecule has 7 heteroatoms. The molecule has 0 atom stereocenters. The summed E-state index contributed by atoms with van der Waals surface area (Å²) in [5.41, 5.74) is -0.137. The molecular weight excluding hydrogens is 255 g/mol. The first-order chi connectivity index (χ1) is 8.95. The largest absolute Gasteiger partial charge is 0.480 e. The highest BCUT2D eigenvalue weighted by atomic mass is 19.1. The molecule has 19 heavy (non-hydrogen) atoms. The van der Waals surface area contributed by atoms with Crippen LogP contribution in [0.5, 0.6) is 0 Å². The predicted molar refractivity (Wildman–Crippen MR) is 65.6 cm³/mol. The van der Waals surface area contributed by atoms with E-state index in [9.17, 15) is 19.3 Å². The first kappa shape index (κ1) is 13.3. The van der Waals surface area contributed by atoms with E-state index in [0.717, 1.165) is 25.0 Å². The molecule has 1 aliphatic rings. The van der Waals surface area contributed by atoms with Gasteiger partial charge in [0.15, 0.2) is 0 Å². The van der Waals surface area contributed by atoms with Crippen LogP contribution in [0.2, 0.25) is 0 Å². The van der Waals surface area contributed by atoms with E-state index in [1.807, 2.05) is 0 Å². The molecule has 102 valence electrons. The van der Waals surface area contributed by atoms with Crippen molar-refractivity contribution in [2.45, 2.75) is 12.8 Å². The maximum absolute atomic E-state index is 13.4. The molecule has 0 radical (unpaired) electrons. The molecule has 0 heterocycles. The van der Waals surface area contributed by atoms with E-state index in [2.05, 4.69) is 0 Å². The molecule has 0 unspecified atom stereocenters. The fraction of sp³-hybridized carbons (Fsp3) is 0.417. The molecule has 0 aromatic heterocycles. The van der Waals surface area contributed by atoms with Crippen molar-refractivity contribution >= 4 is 17.3 Å². The average molecular weight is 268 g/mol. The normalized spacial score (nSPS) is 14.2. The second-order valence-corrected chi connectivity index (χ2v) is 4.64. The van der Waals surface area contributed by atoms with Crippen molar-refractivity contribution in [1.29, 1.82) is 0 Å². The molecule has 1 aromatic carbocycles. The van der Waals surface area contributed by atoms with Crippen molar-refractivity contribution in [3.05, 3.63) is 34.1 Å². The van der Waals surface area contributed by atoms with Gasteiger partial charge < -0.3 is 10.0 Å². The lowest BCUT2D eigenvalue weighted by atomic mass is 10.2. The summed E-state index contributed by atoms with van der Waals surface area (Å²) in [6, 6.07) is 3.15. The Bertz CT molecular complexity index is 516. The van der Waals surface area contributed by atoms with Crippen LogP contribution in [0.4, 0.5) is 15.8 Å². The number of rotatable bonds is 6. The molecular formula is C12H13FN2O4. The summed E-state index contributed by atoms with van der Waals surface area (Å²) >= 11 is 0. The summed E-state index contributed by atoms with van der Waals surface area (Å²) in [7, 11) is 0. The fourth-order valence-corrected chi connectivity index (χ4v) is 1.88. The lowest BCUT2D eigenvalue weighted by Gasteiger charge is -2.22. The van der Waals surface area contributed by atoms with Crippen LogP contribution in [0.3, 0.4) is 0 Å².